The van der Waals surface area contributed by atoms with Gasteiger partial charge in [-0.05, 0) is 32.4 Å². The first-order valence-corrected chi connectivity index (χ1v) is 6.65. The molecule has 0 bridgehead atoms. The van der Waals surface area contributed by atoms with Crippen molar-refractivity contribution in [2.45, 2.75) is 38.8 Å². The summed E-state index contributed by atoms with van der Waals surface area (Å²) in [4.78, 5) is 25.8. The molecule has 1 heterocycles. The van der Waals surface area contributed by atoms with E-state index in [9.17, 15) is 9.59 Å². The van der Waals surface area contributed by atoms with Gasteiger partial charge in [-0.25, -0.2) is 4.79 Å². The van der Waals surface area contributed by atoms with Gasteiger partial charge in [-0.1, -0.05) is 18.2 Å². The molecule has 1 N–H and O–H groups in total. The van der Waals surface area contributed by atoms with Crippen LogP contribution in [0.25, 0.3) is 0 Å². The van der Waals surface area contributed by atoms with Gasteiger partial charge in [0.25, 0.3) is 0 Å². The second-order valence-electron chi connectivity index (χ2n) is 5.81. The summed E-state index contributed by atoms with van der Waals surface area (Å²) in [6.45, 7) is 5.42. The number of fused-ring (bicyclic) bond motifs is 1. The number of anilines is 1. The van der Waals surface area contributed by atoms with Crippen LogP contribution in [0.1, 0.15) is 26.3 Å². The number of hydrogen-bond acceptors (Lipinski definition) is 3. The maximum absolute atomic E-state index is 12.4. The third-order valence-corrected chi connectivity index (χ3v) is 3.12. The van der Waals surface area contributed by atoms with Crippen molar-refractivity contribution in [1.82, 2.24) is 5.32 Å². The molecular formula is C15H20N2O3. The second-order valence-corrected chi connectivity index (χ2v) is 5.81. The molecule has 108 valence electrons. The molecule has 1 aliphatic heterocycles. The number of carbonyl (C=O) groups is 2. The highest BCUT2D eigenvalue weighted by molar-refractivity contribution is 6.00. The van der Waals surface area contributed by atoms with E-state index in [1.165, 1.54) is 4.90 Å². The predicted molar refractivity (Wildman–Crippen MR) is 76.7 cm³/mol. The van der Waals surface area contributed by atoms with Crippen molar-refractivity contribution in [3.63, 3.8) is 0 Å². The maximum atomic E-state index is 12.4. The lowest BCUT2D eigenvalue weighted by molar-refractivity contribution is -0.121. The number of carbonyl (C=O) groups excluding carboxylic acids is 2. The predicted octanol–water partition coefficient (Wildman–Crippen LogP) is 2.10. The van der Waals surface area contributed by atoms with Crippen molar-refractivity contribution in [3.8, 4) is 0 Å². The van der Waals surface area contributed by atoms with Crippen LogP contribution in [0.2, 0.25) is 0 Å². The van der Waals surface area contributed by atoms with Crippen molar-refractivity contribution in [2.24, 2.45) is 0 Å². The molecule has 0 radical (unpaired) electrons. The van der Waals surface area contributed by atoms with Gasteiger partial charge in [0.2, 0.25) is 5.91 Å². The molecular weight excluding hydrogens is 256 g/mol. The number of ether oxygens (including phenoxy) is 1. The lowest BCUT2D eigenvalue weighted by Gasteiger charge is -2.28. The first-order valence-electron chi connectivity index (χ1n) is 6.65. The quantitative estimate of drug-likeness (QED) is 0.854. The minimum Gasteiger partial charge on any atom is -0.443 e. The van der Waals surface area contributed by atoms with Gasteiger partial charge in [-0.3, -0.25) is 9.69 Å². The van der Waals surface area contributed by atoms with E-state index in [2.05, 4.69) is 5.32 Å². The smallest absolute Gasteiger partial charge is 0.415 e. The number of nitrogens with zero attached hydrogens (tertiary/aromatic N) is 1. The SMILES string of the molecule is CNC(=O)[C@@H]1Cc2ccccc2N1C(=O)OC(C)(C)C. The number of para-hydroxylation sites is 1. The number of nitrogens with one attached hydrogen (secondary N) is 1. The summed E-state index contributed by atoms with van der Waals surface area (Å²) in [5.41, 5.74) is 1.13. The Morgan fingerprint density at radius 3 is 2.55 bits per heavy atom. The number of rotatable bonds is 1. The first-order chi connectivity index (χ1) is 9.33. The van der Waals surface area contributed by atoms with E-state index < -0.39 is 17.7 Å². The average Bonchev–Trinajstić information content (AvgIpc) is 2.75. The van der Waals surface area contributed by atoms with Crippen LogP contribution in [0.3, 0.4) is 0 Å². The van der Waals surface area contributed by atoms with Crippen molar-refractivity contribution >= 4 is 17.7 Å². The van der Waals surface area contributed by atoms with Crippen LogP contribution in [0, 0.1) is 0 Å². The van der Waals surface area contributed by atoms with Crippen molar-refractivity contribution < 1.29 is 14.3 Å². The summed E-state index contributed by atoms with van der Waals surface area (Å²) in [5, 5.41) is 2.60. The van der Waals surface area contributed by atoms with Crippen molar-refractivity contribution in [2.75, 3.05) is 11.9 Å². The van der Waals surface area contributed by atoms with E-state index in [4.69, 9.17) is 4.74 Å². The molecule has 2 rings (SSSR count). The van der Waals surface area contributed by atoms with Gasteiger partial charge in [-0.2, -0.15) is 0 Å². The third-order valence-electron chi connectivity index (χ3n) is 3.12. The molecule has 0 fully saturated rings. The van der Waals surface area contributed by atoms with Gasteiger partial charge in [-0.15, -0.1) is 0 Å². The fraction of sp³-hybridized carbons (Fsp3) is 0.467. The minimum absolute atomic E-state index is 0.188. The number of hydrogen-bond donors (Lipinski definition) is 1. The molecule has 0 saturated carbocycles. The lowest BCUT2D eigenvalue weighted by Crippen LogP contribution is -2.48. The van der Waals surface area contributed by atoms with E-state index in [-0.39, 0.29) is 5.91 Å². The fourth-order valence-electron chi connectivity index (χ4n) is 2.30. The Balaban J connectivity index is 2.34. The van der Waals surface area contributed by atoms with Crippen LogP contribution in [0.4, 0.5) is 10.5 Å². The van der Waals surface area contributed by atoms with E-state index >= 15 is 0 Å². The Bertz CT molecular complexity index is 534. The number of amides is 2. The van der Waals surface area contributed by atoms with E-state index in [0.717, 1.165) is 11.3 Å². The Kier molecular flexibility index (Phi) is 3.70. The van der Waals surface area contributed by atoms with Gasteiger partial charge in [0.05, 0.1) is 5.69 Å². The molecule has 5 heteroatoms. The highest BCUT2D eigenvalue weighted by atomic mass is 16.6. The standard InChI is InChI=1S/C15H20N2O3/c1-15(2,3)20-14(19)17-11-8-6-5-7-10(11)9-12(17)13(18)16-4/h5-8,12H,9H2,1-4H3,(H,16,18)/t12-/m0/s1. The zero-order valence-corrected chi connectivity index (χ0v) is 12.3. The summed E-state index contributed by atoms with van der Waals surface area (Å²) in [6, 6.07) is 6.96. The van der Waals surface area contributed by atoms with Crippen LogP contribution in [0.15, 0.2) is 24.3 Å². The van der Waals surface area contributed by atoms with Crippen LogP contribution < -0.4 is 10.2 Å². The van der Waals surface area contributed by atoms with Gasteiger partial charge < -0.3 is 10.1 Å². The van der Waals surface area contributed by atoms with Crippen molar-refractivity contribution in [1.29, 1.82) is 0 Å². The Morgan fingerprint density at radius 1 is 1.30 bits per heavy atom. The zero-order valence-electron chi connectivity index (χ0n) is 12.3. The van der Waals surface area contributed by atoms with Gasteiger partial charge in [0.1, 0.15) is 11.6 Å². The molecule has 2 amide bonds. The number of likely N-dealkylation sites (N-methyl/N-ethyl adjacent to an activating group) is 1. The maximum Gasteiger partial charge on any atom is 0.415 e. The molecule has 0 aliphatic carbocycles. The lowest BCUT2D eigenvalue weighted by atomic mass is 10.1. The molecule has 20 heavy (non-hydrogen) atoms. The molecule has 0 aromatic heterocycles. The molecule has 1 aliphatic rings. The van der Waals surface area contributed by atoms with Crippen LogP contribution >= 0.6 is 0 Å². The van der Waals surface area contributed by atoms with Gasteiger partial charge in [0, 0.05) is 13.5 Å². The van der Waals surface area contributed by atoms with Gasteiger partial charge >= 0.3 is 6.09 Å². The molecule has 0 saturated heterocycles. The summed E-state index contributed by atoms with van der Waals surface area (Å²) in [6.07, 6.45) is 0.0192. The molecule has 5 nitrogen and oxygen atoms in total. The molecule has 1 aromatic carbocycles. The van der Waals surface area contributed by atoms with E-state index in [0.29, 0.717) is 6.42 Å². The summed E-state index contributed by atoms with van der Waals surface area (Å²) >= 11 is 0. The highest BCUT2D eigenvalue weighted by Gasteiger charge is 2.39. The first kappa shape index (κ1) is 14.4. The average molecular weight is 276 g/mol. The third kappa shape index (κ3) is 2.76. The molecule has 1 aromatic rings. The number of benzene rings is 1. The van der Waals surface area contributed by atoms with Gasteiger partial charge in [0.15, 0.2) is 0 Å². The summed E-state index contributed by atoms with van der Waals surface area (Å²) < 4.78 is 5.41. The van der Waals surface area contributed by atoms with E-state index in [1.807, 2.05) is 45.0 Å². The van der Waals surface area contributed by atoms with Crippen molar-refractivity contribution in [3.05, 3.63) is 29.8 Å². The zero-order chi connectivity index (χ0) is 14.9. The molecule has 0 spiro atoms. The Hall–Kier alpha value is -2.04. The summed E-state index contributed by atoms with van der Waals surface area (Å²) in [5.74, 6) is -0.188. The molecule has 1 atom stereocenters. The minimum atomic E-state index is -0.595. The monoisotopic (exact) mass is 276 g/mol. The van der Waals surface area contributed by atoms with E-state index in [1.54, 1.807) is 7.05 Å². The van der Waals surface area contributed by atoms with Crippen LogP contribution in [-0.4, -0.2) is 30.7 Å². The topological polar surface area (TPSA) is 58.6 Å². The van der Waals surface area contributed by atoms with Crippen LogP contribution in [0.5, 0.6) is 0 Å². The second kappa shape index (κ2) is 5.15. The normalized spacial score (nSPS) is 17.6. The largest absolute Gasteiger partial charge is 0.443 e. The molecule has 0 unspecified atom stereocenters. The Morgan fingerprint density at radius 2 is 1.95 bits per heavy atom. The summed E-state index contributed by atoms with van der Waals surface area (Å²) in [7, 11) is 1.57. The fourth-order valence-corrected chi connectivity index (χ4v) is 2.30. The Labute approximate surface area is 118 Å². The highest BCUT2D eigenvalue weighted by Crippen LogP contribution is 2.33. The van der Waals surface area contributed by atoms with Crippen LogP contribution in [-0.2, 0) is 16.0 Å².